The Morgan fingerprint density at radius 3 is 2.78 bits per heavy atom. The average molecular weight is 131 g/mol. The Hall–Kier alpha value is -0.0800. The lowest BCUT2D eigenvalue weighted by molar-refractivity contribution is -0.0577. The van der Waals surface area contributed by atoms with Crippen molar-refractivity contribution in [2.45, 2.75) is 39.4 Å². The van der Waals surface area contributed by atoms with Gasteiger partial charge in [-0.05, 0) is 13.3 Å². The molecule has 0 fully saturated rings. The maximum absolute atomic E-state index is 8.60. The number of aliphatic hydroxyl groups is 1. The Kier molecular flexibility index (Phi) is 5.99. The largest absolute Gasteiger partial charge is 0.368 e. The molecule has 1 radical (unpaired) electrons. The first kappa shape index (κ1) is 8.92. The van der Waals surface area contributed by atoms with Gasteiger partial charge in [-0.2, -0.15) is 0 Å². The fourth-order valence-corrected chi connectivity index (χ4v) is 0.495. The van der Waals surface area contributed by atoms with Crippen molar-refractivity contribution in [1.29, 1.82) is 0 Å². The number of aliphatic hydroxyl groups excluding tert-OH is 1. The summed E-state index contributed by atoms with van der Waals surface area (Å²) in [4.78, 5) is 0. The lowest BCUT2D eigenvalue weighted by Gasteiger charge is -2.03. The molecule has 0 aliphatic rings. The van der Waals surface area contributed by atoms with E-state index in [4.69, 9.17) is 9.84 Å². The van der Waals surface area contributed by atoms with E-state index in [-0.39, 0.29) is 0 Å². The third-order valence-corrected chi connectivity index (χ3v) is 0.969. The quantitative estimate of drug-likeness (QED) is 0.454. The third kappa shape index (κ3) is 7.92. The highest BCUT2D eigenvalue weighted by atomic mass is 16.6. The van der Waals surface area contributed by atoms with Crippen LogP contribution < -0.4 is 0 Å². The molecular weight excluding hydrogens is 116 g/mol. The SMILES string of the molecule is CCCC[CH]OC(C)O. The van der Waals surface area contributed by atoms with Crippen LogP contribution in [-0.4, -0.2) is 11.4 Å². The minimum atomic E-state index is -0.651. The molecule has 55 valence electrons. The van der Waals surface area contributed by atoms with Crippen LogP contribution in [0.4, 0.5) is 0 Å². The number of ether oxygens (including phenoxy) is 1. The molecule has 1 N–H and O–H groups in total. The Morgan fingerprint density at radius 2 is 2.33 bits per heavy atom. The van der Waals surface area contributed by atoms with Crippen LogP contribution in [0.15, 0.2) is 0 Å². The second-order valence-electron chi connectivity index (χ2n) is 2.04. The molecule has 9 heavy (non-hydrogen) atoms. The fourth-order valence-electron chi connectivity index (χ4n) is 0.495. The van der Waals surface area contributed by atoms with Crippen LogP contribution in [0.3, 0.4) is 0 Å². The van der Waals surface area contributed by atoms with Crippen LogP contribution >= 0.6 is 0 Å². The molecule has 0 rings (SSSR count). The lowest BCUT2D eigenvalue weighted by Crippen LogP contribution is -2.03. The standard InChI is InChI=1S/C7H15O2/c1-3-4-5-6-9-7(2)8/h6-8H,3-5H2,1-2H3. The van der Waals surface area contributed by atoms with Crippen LogP contribution in [0.5, 0.6) is 0 Å². The zero-order valence-electron chi connectivity index (χ0n) is 6.13. The van der Waals surface area contributed by atoms with Crippen LogP contribution in [-0.2, 0) is 4.74 Å². The van der Waals surface area contributed by atoms with Crippen molar-refractivity contribution in [3.8, 4) is 0 Å². The molecule has 0 saturated heterocycles. The van der Waals surface area contributed by atoms with Gasteiger partial charge in [-0.15, -0.1) is 0 Å². The molecule has 0 aromatic heterocycles. The van der Waals surface area contributed by atoms with E-state index in [0.29, 0.717) is 0 Å². The normalized spacial score (nSPS) is 13.7. The molecule has 1 atom stereocenters. The molecule has 0 bridgehead atoms. The summed E-state index contributed by atoms with van der Waals surface area (Å²) in [6, 6.07) is 0. The molecule has 2 nitrogen and oxygen atoms in total. The Balaban J connectivity index is 2.75. The van der Waals surface area contributed by atoms with Gasteiger partial charge in [0.1, 0.15) is 0 Å². The molecular formula is C7H15O2. The second-order valence-corrected chi connectivity index (χ2v) is 2.04. The number of hydrogen-bond acceptors (Lipinski definition) is 2. The van der Waals surface area contributed by atoms with E-state index >= 15 is 0 Å². The summed E-state index contributed by atoms with van der Waals surface area (Å²) < 4.78 is 4.77. The van der Waals surface area contributed by atoms with Gasteiger partial charge in [-0.1, -0.05) is 19.8 Å². The van der Waals surface area contributed by atoms with Crippen LogP contribution in [0.2, 0.25) is 0 Å². The van der Waals surface area contributed by atoms with Gasteiger partial charge in [0.15, 0.2) is 6.29 Å². The molecule has 2 heteroatoms. The molecule has 0 amide bonds. The molecule has 0 aromatic carbocycles. The van der Waals surface area contributed by atoms with Gasteiger partial charge in [0.2, 0.25) is 0 Å². The van der Waals surface area contributed by atoms with E-state index in [0.717, 1.165) is 12.8 Å². The van der Waals surface area contributed by atoms with Gasteiger partial charge in [-0.3, -0.25) is 0 Å². The van der Waals surface area contributed by atoms with Gasteiger partial charge < -0.3 is 9.84 Å². The van der Waals surface area contributed by atoms with Crippen molar-refractivity contribution in [2.75, 3.05) is 0 Å². The van der Waals surface area contributed by atoms with E-state index in [1.54, 1.807) is 13.5 Å². The highest BCUT2D eigenvalue weighted by Gasteiger charge is 1.92. The van der Waals surface area contributed by atoms with Crippen molar-refractivity contribution < 1.29 is 9.84 Å². The molecule has 0 spiro atoms. The van der Waals surface area contributed by atoms with E-state index in [1.807, 2.05) is 0 Å². The highest BCUT2D eigenvalue weighted by molar-refractivity contribution is 4.49. The number of hydrogen-bond donors (Lipinski definition) is 1. The third-order valence-electron chi connectivity index (χ3n) is 0.969. The second kappa shape index (κ2) is 6.05. The Labute approximate surface area is 56.8 Å². The maximum Gasteiger partial charge on any atom is 0.152 e. The van der Waals surface area contributed by atoms with E-state index in [2.05, 4.69) is 6.92 Å². The number of unbranched alkanes of at least 4 members (excludes halogenated alkanes) is 2. The monoisotopic (exact) mass is 131 g/mol. The molecule has 0 aliphatic heterocycles. The van der Waals surface area contributed by atoms with Crippen LogP contribution in [0.1, 0.15) is 33.1 Å². The first-order valence-electron chi connectivity index (χ1n) is 3.42. The molecule has 0 saturated carbocycles. The molecule has 0 aromatic rings. The highest BCUT2D eigenvalue weighted by Crippen LogP contribution is 1.99. The molecule has 1 unspecified atom stereocenters. The molecule has 0 heterocycles. The first-order chi connectivity index (χ1) is 4.27. The lowest BCUT2D eigenvalue weighted by atomic mass is 10.3. The van der Waals surface area contributed by atoms with Crippen LogP contribution in [0.25, 0.3) is 0 Å². The predicted octanol–water partition coefficient (Wildman–Crippen LogP) is 1.69. The van der Waals surface area contributed by atoms with E-state index < -0.39 is 6.29 Å². The summed E-state index contributed by atoms with van der Waals surface area (Å²) in [6.07, 6.45) is 2.58. The topological polar surface area (TPSA) is 29.5 Å². The summed E-state index contributed by atoms with van der Waals surface area (Å²) in [5.74, 6) is 0. The average Bonchev–Trinajstić information content (AvgIpc) is 1.80. The van der Waals surface area contributed by atoms with Gasteiger partial charge in [0.05, 0.1) is 6.61 Å². The summed E-state index contributed by atoms with van der Waals surface area (Å²) in [6.45, 7) is 5.38. The van der Waals surface area contributed by atoms with Crippen molar-refractivity contribution in [3.05, 3.63) is 6.61 Å². The minimum absolute atomic E-state index is 0.651. The van der Waals surface area contributed by atoms with Gasteiger partial charge in [0, 0.05) is 0 Å². The number of rotatable bonds is 5. The van der Waals surface area contributed by atoms with Crippen molar-refractivity contribution >= 4 is 0 Å². The maximum atomic E-state index is 8.60. The smallest absolute Gasteiger partial charge is 0.152 e. The Morgan fingerprint density at radius 1 is 1.67 bits per heavy atom. The van der Waals surface area contributed by atoms with Crippen LogP contribution in [0, 0.1) is 6.61 Å². The zero-order chi connectivity index (χ0) is 7.11. The summed E-state index contributed by atoms with van der Waals surface area (Å²) in [5, 5.41) is 8.60. The Bertz CT molecular complexity index is 52.9. The van der Waals surface area contributed by atoms with Gasteiger partial charge in [0.25, 0.3) is 0 Å². The zero-order valence-corrected chi connectivity index (χ0v) is 6.13. The van der Waals surface area contributed by atoms with Gasteiger partial charge >= 0.3 is 0 Å². The van der Waals surface area contributed by atoms with Gasteiger partial charge in [-0.25, -0.2) is 0 Å². The van der Waals surface area contributed by atoms with Crippen molar-refractivity contribution in [1.82, 2.24) is 0 Å². The summed E-state index contributed by atoms with van der Waals surface area (Å²) >= 11 is 0. The summed E-state index contributed by atoms with van der Waals surface area (Å²) in [7, 11) is 0. The predicted molar refractivity (Wildman–Crippen MR) is 36.6 cm³/mol. The molecule has 0 aliphatic carbocycles. The fraction of sp³-hybridized carbons (Fsp3) is 0.857. The van der Waals surface area contributed by atoms with Crippen molar-refractivity contribution in [3.63, 3.8) is 0 Å². The summed E-state index contributed by atoms with van der Waals surface area (Å²) in [5.41, 5.74) is 0. The minimum Gasteiger partial charge on any atom is -0.368 e. The first-order valence-corrected chi connectivity index (χ1v) is 3.42. The van der Waals surface area contributed by atoms with E-state index in [9.17, 15) is 0 Å². The van der Waals surface area contributed by atoms with Crippen molar-refractivity contribution in [2.24, 2.45) is 0 Å². The van der Waals surface area contributed by atoms with E-state index in [1.165, 1.54) is 6.42 Å².